The smallest absolute Gasteiger partial charge is 0.333 e. The molecule has 0 spiro atoms. The Kier molecular flexibility index (Phi) is 5.82. The van der Waals surface area contributed by atoms with E-state index in [1.165, 1.54) is 14.1 Å². The van der Waals surface area contributed by atoms with Crippen LogP contribution in [0.1, 0.15) is 11.1 Å². The highest BCUT2D eigenvalue weighted by molar-refractivity contribution is 6.14. The van der Waals surface area contributed by atoms with Gasteiger partial charge in [0.1, 0.15) is 17.0 Å². The highest BCUT2D eigenvalue weighted by Crippen LogP contribution is 2.29. The molecule has 2 N–H and O–H groups in total. The number of nitro benzene ring substituents is 2. The summed E-state index contributed by atoms with van der Waals surface area (Å²) >= 11 is 0. The predicted octanol–water partition coefficient (Wildman–Crippen LogP) is 1.47. The van der Waals surface area contributed by atoms with Crippen LogP contribution in [-0.4, -0.2) is 29.8 Å². The molecule has 3 aromatic rings. The van der Waals surface area contributed by atoms with E-state index in [4.69, 9.17) is 0 Å². The van der Waals surface area contributed by atoms with Crippen LogP contribution in [0.25, 0.3) is 0 Å². The Balaban J connectivity index is 2.24. The molecule has 0 saturated heterocycles. The summed E-state index contributed by atoms with van der Waals surface area (Å²) < 4.78 is 1.63. The maximum atomic E-state index is 12.8. The number of nitrogens with one attached hydrogen (secondary N) is 1. The number of rotatable bonds is 6. The lowest BCUT2D eigenvalue weighted by molar-refractivity contribution is -0.393. The monoisotopic (exact) mass is 440 g/mol. The molecule has 0 aliphatic rings. The van der Waals surface area contributed by atoms with E-state index in [1.54, 1.807) is 30.3 Å². The first kappa shape index (κ1) is 21.9. The first-order chi connectivity index (χ1) is 15.1. The van der Waals surface area contributed by atoms with E-state index in [9.17, 15) is 34.9 Å². The van der Waals surface area contributed by atoms with Gasteiger partial charge in [0.25, 0.3) is 11.2 Å². The van der Waals surface area contributed by atoms with Gasteiger partial charge in [-0.2, -0.15) is 5.10 Å². The molecule has 13 nitrogen and oxygen atoms in total. The molecule has 2 aromatic carbocycles. The minimum atomic E-state index is -0.840. The molecule has 0 atom stereocenters. The highest BCUT2D eigenvalue weighted by atomic mass is 16.6. The summed E-state index contributed by atoms with van der Waals surface area (Å²) in [6.07, 6.45) is 0. The van der Waals surface area contributed by atoms with Crippen molar-refractivity contribution in [3.8, 4) is 5.88 Å². The maximum Gasteiger partial charge on any atom is 0.333 e. The molecule has 3 rings (SSSR count). The van der Waals surface area contributed by atoms with E-state index in [-0.39, 0.29) is 17.0 Å². The quantitative estimate of drug-likeness (QED) is 0.329. The standard InChI is InChI=1S/C19H16N6O7/c1-22-17(26)15(18(27)23(2)19(22)28)16(11-6-4-3-5-7-11)21-20-13-9-8-12(24(29)30)10-14(13)25(31)32/h3-10,20,26H,1-2H3/b21-16+. The number of anilines is 1. The largest absolute Gasteiger partial charge is 0.494 e. The molecule has 0 aliphatic heterocycles. The molecule has 164 valence electrons. The van der Waals surface area contributed by atoms with Gasteiger partial charge in [-0.3, -0.25) is 39.6 Å². The number of nitrogens with zero attached hydrogens (tertiary/aromatic N) is 5. The molecule has 0 bridgehead atoms. The van der Waals surface area contributed by atoms with Crippen LogP contribution in [0.2, 0.25) is 0 Å². The molecule has 0 saturated carbocycles. The predicted molar refractivity (Wildman–Crippen MR) is 114 cm³/mol. The van der Waals surface area contributed by atoms with Crippen molar-refractivity contribution >= 4 is 22.8 Å². The van der Waals surface area contributed by atoms with Crippen LogP contribution >= 0.6 is 0 Å². The van der Waals surface area contributed by atoms with Crippen molar-refractivity contribution < 1.29 is 15.0 Å². The first-order valence-corrected chi connectivity index (χ1v) is 8.94. The highest BCUT2D eigenvalue weighted by Gasteiger charge is 2.23. The van der Waals surface area contributed by atoms with Crippen molar-refractivity contribution in [2.45, 2.75) is 0 Å². The van der Waals surface area contributed by atoms with Gasteiger partial charge >= 0.3 is 11.4 Å². The number of nitro groups is 2. The number of hydrogen-bond donors (Lipinski definition) is 2. The second-order valence-electron chi connectivity index (χ2n) is 6.56. The number of aromatic hydroxyl groups is 1. The Hall–Kier alpha value is -4.81. The Morgan fingerprint density at radius 2 is 1.66 bits per heavy atom. The number of hydrogen-bond acceptors (Lipinski definition) is 9. The minimum absolute atomic E-state index is 0.105. The third-order valence-electron chi connectivity index (χ3n) is 4.59. The zero-order valence-electron chi connectivity index (χ0n) is 16.8. The molecule has 0 amide bonds. The van der Waals surface area contributed by atoms with Gasteiger partial charge in [0.15, 0.2) is 0 Å². The fraction of sp³-hybridized carbons (Fsp3) is 0.105. The summed E-state index contributed by atoms with van der Waals surface area (Å²) in [6, 6.07) is 11.1. The Labute approximate surface area is 178 Å². The Bertz CT molecular complexity index is 1380. The van der Waals surface area contributed by atoms with E-state index in [0.717, 1.165) is 27.3 Å². The van der Waals surface area contributed by atoms with Crippen LogP contribution in [0.5, 0.6) is 5.88 Å². The van der Waals surface area contributed by atoms with Crippen molar-refractivity contribution in [1.82, 2.24) is 9.13 Å². The summed E-state index contributed by atoms with van der Waals surface area (Å²) in [5.41, 5.74) is -0.517. The van der Waals surface area contributed by atoms with E-state index < -0.39 is 38.4 Å². The van der Waals surface area contributed by atoms with Crippen LogP contribution in [0.3, 0.4) is 0 Å². The number of non-ortho nitro benzene ring substituents is 1. The van der Waals surface area contributed by atoms with Crippen molar-refractivity contribution in [1.29, 1.82) is 0 Å². The van der Waals surface area contributed by atoms with Crippen LogP contribution in [-0.2, 0) is 14.1 Å². The van der Waals surface area contributed by atoms with E-state index in [1.807, 2.05) is 0 Å². The average molecular weight is 440 g/mol. The molecule has 1 heterocycles. The summed E-state index contributed by atoms with van der Waals surface area (Å²) in [4.78, 5) is 45.6. The van der Waals surface area contributed by atoms with Crippen LogP contribution in [0, 0.1) is 20.2 Å². The lowest BCUT2D eigenvalue weighted by atomic mass is 10.0. The topological polar surface area (TPSA) is 175 Å². The van der Waals surface area contributed by atoms with Crippen LogP contribution in [0.15, 0.2) is 63.2 Å². The SMILES string of the molecule is Cn1c(O)c(/C(=N/Nc2ccc([N+](=O)[O-])cc2[N+](=O)[O-])c2ccccc2)c(=O)n(C)c1=O. The lowest BCUT2D eigenvalue weighted by Gasteiger charge is -2.13. The van der Waals surface area contributed by atoms with Gasteiger partial charge in [-0.1, -0.05) is 30.3 Å². The van der Waals surface area contributed by atoms with E-state index in [0.29, 0.717) is 5.56 Å². The molecule has 1 aromatic heterocycles. The molecule has 0 unspecified atom stereocenters. The van der Waals surface area contributed by atoms with Gasteiger partial charge < -0.3 is 5.11 Å². The zero-order valence-corrected chi connectivity index (χ0v) is 16.8. The molecular formula is C19H16N6O7. The summed E-state index contributed by atoms with van der Waals surface area (Å²) in [5.74, 6) is -0.652. The summed E-state index contributed by atoms with van der Waals surface area (Å²) in [5, 5.41) is 36.9. The molecule has 0 radical (unpaired) electrons. The fourth-order valence-corrected chi connectivity index (χ4v) is 2.90. The van der Waals surface area contributed by atoms with Gasteiger partial charge in [0, 0.05) is 25.7 Å². The molecule has 0 fully saturated rings. The minimum Gasteiger partial charge on any atom is -0.494 e. The summed E-state index contributed by atoms with van der Waals surface area (Å²) in [6.45, 7) is 0. The maximum absolute atomic E-state index is 12.8. The molecular weight excluding hydrogens is 424 g/mol. The Morgan fingerprint density at radius 1 is 1.00 bits per heavy atom. The lowest BCUT2D eigenvalue weighted by Crippen LogP contribution is -2.40. The van der Waals surface area contributed by atoms with Gasteiger partial charge in [0.2, 0.25) is 5.88 Å². The number of benzene rings is 2. The van der Waals surface area contributed by atoms with Gasteiger partial charge in [-0.05, 0) is 6.07 Å². The third kappa shape index (κ3) is 3.94. The van der Waals surface area contributed by atoms with Gasteiger partial charge in [0.05, 0.1) is 15.9 Å². The zero-order chi connectivity index (χ0) is 23.6. The number of hydrazone groups is 1. The van der Waals surface area contributed by atoms with Crippen molar-refractivity contribution in [3.05, 3.63) is 101 Å². The Morgan fingerprint density at radius 3 is 2.25 bits per heavy atom. The number of aromatic nitrogens is 2. The second-order valence-corrected chi connectivity index (χ2v) is 6.56. The van der Waals surface area contributed by atoms with Gasteiger partial charge in [-0.25, -0.2) is 4.79 Å². The summed E-state index contributed by atoms with van der Waals surface area (Å²) in [7, 11) is 2.49. The molecule has 0 aliphatic carbocycles. The van der Waals surface area contributed by atoms with Crippen molar-refractivity contribution in [2.24, 2.45) is 19.2 Å². The second kappa shape index (κ2) is 8.51. The van der Waals surface area contributed by atoms with Gasteiger partial charge in [-0.15, -0.1) is 0 Å². The molecule has 13 heteroatoms. The first-order valence-electron chi connectivity index (χ1n) is 8.94. The normalized spacial score (nSPS) is 11.2. The van der Waals surface area contributed by atoms with Crippen LogP contribution in [0.4, 0.5) is 17.1 Å². The average Bonchev–Trinajstić information content (AvgIpc) is 2.78. The van der Waals surface area contributed by atoms with Crippen molar-refractivity contribution in [3.63, 3.8) is 0 Å². The fourth-order valence-electron chi connectivity index (χ4n) is 2.90. The van der Waals surface area contributed by atoms with Crippen molar-refractivity contribution in [2.75, 3.05) is 5.43 Å². The van der Waals surface area contributed by atoms with E-state index >= 15 is 0 Å². The van der Waals surface area contributed by atoms with E-state index in [2.05, 4.69) is 10.5 Å². The third-order valence-corrected chi connectivity index (χ3v) is 4.59. The molecule has 32 heavy (non-hydrogen) atoms. The van der Waals surface area contributed by atoms with Crippen LogP contribution < -0.4 is 16.7 Å².